The molecule has 16 heavy (non-hydrogen) atoms. The lowest BCUT2D eigenvalue weighted by atomic mass is 9.81. The van der Waals surface area contributed by atoms with E-state index in [0.29, 0.717) is 6.61 Å². The van der Waals surface area contributed by atoms with Crippen molar-refractivity contribution in [2.24, 2.45) is 0 Å². The van der Waals surface area contributed by atoms with Crippen molar-refractivity contribution in [3.05, 3.63) is 0 Å². The molecule has 2 aliphatic rings. The Morgan fingerprint density at radius 1 is 1.31 bits per heavy atom. The van der Waals surface area contributed by atoms with Gasteiger partial charge in [-0.2, -0.15) is 0 Å². The van der Waals surface area contributed by atoms with Gasteiger partial charge in [0.1, 0.15) is 5.60 Å². The molecule has 0 radical (unpaired) electrons. The molecule has 0 aromatic rings. The average molecular weight is 226 g/mol. The fraction of sp³-hybridized carbons (Fsp3) is 0.923. The molecular formula is C13H22O3. The normalized spacial score (nSPS) is 31.4. The lowest BCUT2D eigenvalue weighted by molar-refractivity contribution is -0.149. The largest absolute Gasteiger partial charge is 0.463 e. The molecule has 3 nitrogen and oxygen atoms in total. The maximum absolute atomic E-state index is 11.9. The molecule has 1 saturated carbocycles. The Morgan fingerprint density at radius 3 is 2.62 bits per heavy atom. The third kappa shape index (κ3) is 1.86. The van der Waals surface area contributed by atoms with Gasteiger partial charge in [0.2, 0.25) is 0 Å². The molecule has 1 atom stereocenters. The van der Waals surface area contributed by atoms with Crippen LogP contribution >= 0.6 is 0 Å². The van der Waals surface area contributed by atoms with E-state index < -0.39 is 5.60 Å². The Hall–Kier alpha value is -0.570. The zero-order chi connectivity index (χ0) is 11.6. The lowest BCUT2D eigenvalue weighted by Crippen LogP contribution is -2.34. The molecule has 0 amide bonds. The Balaban J connectivity index is 1.87. The smallest absolute Gasteiger partial charge is 0.341 e. The summed E-state index contributed by atoms with van der Waals surface area (Å²) in [5.41, 5.74) is -0.810. The van der Waals surface area contributed by atoms with Crippen molar-refractivity contribution < 1.29 is 14.3 Å². The summed E-state index contributed by atoms with van der Waals surface area (Å²) in [6.45, 7) is 4.52. The van der Waals surface area contributed by atoms with E-state index in [2.05, 4.69) is 6.92 Å². The highest BCUT2D eigenvalue weighted by Gasteiger charge is 2.71. The van der Waals surface area contributed by atoms with Crippen LogP contribution in [0.3, 0.4) is 0 Å². The average Bonchev–Trinajstić information content (AvgIpc) is 2.86. The van der Waals surface area contributed by atoms with Crippen LogP contribution in [-0.2, 0) is 14.3 Å². The van der Waals surface area contributed by atoms with Crippen LogP contribution in [-0.4, -0.2) is 23.8 Å². The monoisotopic (exact) mass is 226 g/mol. The van der Waals surface area contributed by atoms with Crippen LogP contribution in [0.1, 0.15) is 58.8 Å². The van der Waals surface area contributed by atoms with Crippen LogP contribution in [0.25, 0.3) is 0 Å². The number of ether oxygens (including phenoxy) is 2. The second kappa shape index (κ2) is 4.36. The summed E-state index contributed by atoms with van der Waals surface area (Å²) in [4.78, 5) is 11.9. The minimum Gasteiger partial charge on any atom is -0.463 e. The minimum absolute atomic E-state index is 0.150. The van der Waals surface area contributed by atoms with E-state index in [4.69, 9.17) is 9.47 Å². The third-order valence-electron chi connectivity index (χ3n) is 4.01. The van der Waals surface area contributed by atoms with Crippen molar-refractivity contribution in [1.29, 1.82) is 0 Å². The van der Waals surface area contributed by atoms with E-state index in [1.807, 2.05) is 6.92 Å². The highest BCUT2D eigenvalue weighted by atomic mass is 16.7. The molecule has 1 aliphatic carbocycles. The highest BCUT2D eigenvalue weighted by Crippen LogP contribution is 2.56. The zero-order valence-electron chi connectivity index (χ0n) is 10.4. The predicted octanol–water partition coefficient (Wildman–Crippen LogP) is 2.82. The van der Waals surface area contributed by atoms with E-state index in [1.54, 1.807) is 0 Å². The van der Waals surface area contributed by atoms with Crippen LogP contribution in [0.4, 0.5) is 0 Å². The van der Waals surface area contributed by atoms with Crippen LogP contribution in [0.5, 0.6) is 0 Å². The summed E-state index contributed by atoms with van der Waals surface area (Å²) < 4.78 is 11.0. The van der Waals surface area contributed by atoms with Gasteiger partial charge in [-0.15, -0.1) is 0 Å². The zero-order valence-corrected chi connectivity index (χ0v) is 10.4. The first-order chi connectivity index (χ1) is 7.65. The molecule has 1 saturated heterocycles. The first-order valence-corrected chi connectivity index (χ1v) is 6.52. The van der Waals surface area contributed by atoms with Crippen molar-refractivity contribution in [2.75, 3.05) is 6.61 Å². The van der Waals surface area contributed by atoms with Gasteiger partial charge in [0.05, 0.1) is 6.61 Å². The van der Waals surface area contributed by atoms with Gasteiger partial charge in [-0.05, 0) is 26.2 Å². The van der Waals surface area contributed by atoms with Crippen LogP contribution < -0.4 is 0 Å². The minimum atomic E-state index is -0.638. The fourth-order valence-corrected chi connectivity index (χ4v) is 2.74. The highest BCUT2D eigenvalue weighted by molar-refractivity contribution is 5.84. The molecular weight excluding hydrogens is 204 g/mol. The summed E-state index contributed by atoms with van der Waals surface area (Å²) >= 11 is 0. The first kappa shape index (κ1) is 11.9. The van der Waals surface area contributed by atoms with Gasteiger partial charge in [-0.3, -0.25) is 0 Å². The summed E-state index contributed by atoms with van der Waals surface area (Å²) in [5.74, 6) is -0.150. The third-order valence-corrected chi connectivity index (χ3v) is 4.01. The van der Waals surface area contributed by atoms with Gasteiger partial charge in [0.25, 0.3) is 0 Å². The lowest BCUT2D eigenvalue weighted by Gasteiger charge is -2.20. The number of hydrogen-bond donors (Lipinski definition) is 0. The molecule has 1 heterocycles. The second-order valence-electron chi connectivity index (χ2n) is 5.18. The number of epoxide rings is 1. The van der Waals surface area contributed by atoms with Gasteiger partial charge >= 0.3 is 5.97 Å². The number of carbonyl (C=O) groups is 1. The molecule has 92 valence electrons. The molecule has 2 fully saturated rings. The van der Waals surface area contributed by atoms with Crippen molar-refractivity contribution in [1.82, 2.24) is 0 Å². The molecule has 1 aliphatic heterocycles. The van der Waals surface area contributed by atoms with Crippen LogP contribution in [0.2, 0.25) is 0 Å². The van der Waals surface area contributed by atoms with Crippen molar-refractivity contribution in [3.8, 4) is 0 Å². The Kier molecular flexibility index (Phi) is 3.24. The maximum atomic E-state index is 11.9. The summed E-state index contributed by atoms with van der Waals surface area (Å²) in [6, 6.07) is 0. The van der Waals surface area contributed by atoms with Crippen molar-refractivity contribution >= 4 is 5.97 Å². The number of hydrogen-bond acceptors (Lipinski definition) is 3. The maximum Gasteiger partial charge on any atom is 0.341 e. The molecule has 2 rings (SSSR count). The number of esters is 1. The second-order valence-corrected chi connectivity index (χ2v) is 5.18. The SMILES string of the molecule is CCCCOC(=O)C1(C)OC12CCCCC2. The van der Waals surface area contributed by atoms with Gasteiger partial charge in [0, 0.05) is 0 Å². The molecule has 1 unspecified atom stereocenters. The van der Waals surface area contributed by atoms with Gasteiger partial charge in [-0.1, -0.05) is 32.6 Å². The van der Waals surface area contributed by atoms with E-state index in [9.17, 15) is 4.79 Å². The number of carbonyl (C=O) groups excluding carboxylic acids is 1. The fourth-order valence-electron chi connectivity index (χ4n) is 2.74. The van der Waals surface area contributed by atoms with Gasteiger partial charge in [0.15, 0.2) is 5.60 Å². The Bertz CT molecular complexity index is 268. The van der Waals surface area contributed by atoms with Gasteiger partial charge < -0.3 is 9.47 Å². The molecule has 1 spiro atoms. The summed E-state index contributed by atoms with van der Waals surface area (Å²) in [5, 5.41) is 0. The van der Waals surface area contributed by atoms with E-state index in [0.717, 1.165) is 25.7 Å². The Labute approximate surface area is 97.5 Å². The van der Waals surface area contributed by atoms with Crippen molar-refractivity contribution in [2.45, 2.75) is 70.0 Å². The van der Waals surface area contributed by atoms with E-state index in [-0.39, 0.29) is 11.6 Å². The number of unbranched alkanes of at least 4 members (excludes halogenated alkanes) is 1. The van der Waals surface area contributed by atoms with Crippen LogP contribution in [0, 0.1) is 0 Å². The van der Waals surface area contributed by atoms with E-state index in [1.165, 1.54) is 19.3 Å². The van der Waals surface area contributed by atoms with Gasteiger partial charge in [-0.25, -0.2) is 4.79 Å². The molecule has 0 aromatic carbocycles. The topological polar surface area (TPSA) is 38.8 Å². The molecule has 0 N–H and O–H groups in total. The van der Waals surface area contributed by atoms with E-state index >= 15 is 0 Å². The Morgan fingerprint density at radius 2 is 2.00 bits per heavy atom. The molecule has 0 bridgehead atoms. The summed E-state index contributed by atoms with van der Waals surface area (Å²) in [6.07, 6.45) is 7.66. The molecule has 3 heteroatoms. The van der Waals surface area contributed by atoms with Crippen molar-refractivity contribution in [3.63, 3.8) is 0 Å². The quantitative estimate of drug-likeness (QED) is 0.420. The standard InChI is InChI=1S/C13H22O3/c1-3-4-10-15-11(14)12(2)13(16-12)8-6-5-7-9-13/h3-10H2,1-2H3. The predicted molar refractivity (Wildman–Crippen MR) is 61.2 cm³/mol. The molecule has 0 aromatic heterocycles. The summed E-state index contributed by atoms with van der Waals surface area (Å²) in [7, 11) is 0. The van der Waals surface area contributed by atoms with Crippen LogP contribution in [0.15, 0.2) is 0 Å². The first-order valence-electron chi connectivity index (χ1n) is 6.52. The number of rotatable bonds is 4.